The van der Waals surface area contributed by atoms with E-state index in [1.165, 1.54) is 0 Å². The summed E-state index contributed by atoms with van der Waals surface area (Å²) in [7, 11) is 0. The van der Waals surface area contributed by atoms with Crippen molar-refractivity contribution in [1.82, 2.24) is 9.88 Å². The molecule has 4 atom stereocenters. The largest absolute Gasteiger partial charge is 0.476 e. The van der Waals surface area contributed by atoms with Crippen molar-refractivity contribution in [2.24, 2.45) is 0 Å². The zero-order valence-corrected chi connectivity index (χ0v) is 23.3. The highest BCUT2D eigenvalue weighted by Crippen LogP contribution is 2.51. The minimum Gasteiger partial charge on any atom is -0.476 e. The summed E-state index contributed by atoms with van der Waals surface area (Å²) in [4.78, 5) is 9.59. The molecule has 3 fully saturated rings. The molecule has 1 spiro atoms. The Kier molecular flexibility index (Phi) is 6.41. The van der Waals surface area contributed by atoms with E-state index in [0.717, 1.165) is 79.9 Å². The van der Waals surface area contributed by atoms with Gasteiger partial charge < -0.3 is 24.8 Å². The van der Waals surface area contributed by atoms with Crippen LogP contribution in [0.15, 0.2) is 18.2 Å². The Labute approximate surface area is 235 Å². The van der Waals surface area contributed by atoms with Crippen LogP contribution in [0.1, 0.15) is 79.3 Å². The molecule has 1 aromatic heterocycles. The van der Waals surface area contributed by atoms with Crippen LogP contribution >= 0.6 is 0 Å². The Hall–Kier alpha value is -2.93. The summed E-state index contributed by atoms with van der Waals surface area (Å²) in [6, 6.07) is 8.30. The lowest BCUT2D eigenvalue weighted by Gasteiger charge is -2.45. The number of ether oxygens (including phenoxy) is 3. The summed E-state index contributed by atoms with van der Waals surface area (Å²) in [5.74, 6) is 0.888. The molecular formula is C31H38FN5O3. The third-order valence-electron chi connectivity index (χ3n) is 10.0. The maximum Gasteiger partial charge on any atom is 0.215 e. The predicted octanol–water partition coefficient (Wildman–Crippen LogP) is 4.54. The van der Waals surface area contributed by atoms with E-state index in [4.69, 9.17) is 24.9 Å². The van der Waals surface area contributed by atoms with E-state index in [1.54, 1.807) is 0 Å². The number of benzene rings is 1. The van der Waals surface area contributed by atoms with Gasteiger partial charge in [-0.3, -0.25) is 4.90 Å². The molecule has 212 valence electrons. The molecular weight excluding hydrogens is 509 g/mol. The molecule has 1 unspecified atom stereocenters. The van der Waals surface area contributed by atoms with Gasteiger partial charge in [-0.1, -0.05) is 13.0 Å². The monoisotopic (exact) mass is 547 g/mol. The van der Waals surface area contributed by atoms with Crippen LogP contribution in [0.3, 0.4) is 0 Å². The molecule has 40 heavy (non-hydrogen) atoms. The number of nitriles is 1. The van der Waals surface area contributed by atoms with Gasteiger partial charge in [-0.2, -0.15) is 5.26 Å². The summed E-state index contributed by atoms with van der Waals surface area (Å²) in [5, 5.41) is 10.1. The van der Waals surface area contributed by atoms with Gasteiger partial charge in [0.15, 0.2) is 0 Å². The lowest BCUT2D eigenvalue weighted by Crippen LogP contribution is -2.44. The number of nitrogens with two attached hydrogens (primary N) is 1. The third kappa shape index (κ3) is 4.15. The van der Waals surface area contributed by atoms with Crippen molar-refractivity contribution in [1.29, 1.82) is 5.26 Å². The molecule has 9 heteroatoms. The van der Waals surface area contributed by atoms with E-state index in [2.05, 4.69) is 28.9 Å². The molecule has 7 rings (SSSR count). The topological polar surface area (TPSA) is 96.9 Å². The second-order valence-corrected chi connectivity index (χ2v) is 12.4. The Morgan fingerprint density at radius 2 is 2.17 bits per heavy atom. The molecule has 2 aromatic rings. The first-order valence-electron chi connectivity index (χ1n) is 14.8. The lowest BCUT2D eigenvalue weighted by molar-refractivity contribution is -0.0872. The number of hydrogen-bond acceptors (Lipinski definition) is 8. The van der Waals surface area contributed by atoms with Gasteiger partial charge in [-0.15, -0.1) is 0 Å². The molecule has 3 saturated heterocycles. The molecule has 0 bridgehead atoms. The van der Waals surface area contributed by atoms with Crippen LogP contribution in [0, 0.1) is 11.3 Å². The van der Waals surface area contributed by atoms with Gasteiger partial charge >= 0.3 is 0 Å². The summed E-state index contributed by atoms with van der Waals surface area (Å²) in [5.41, 5.74) is 11.5. The van der Waals surface area contributed by atoms with Crippen LogP contribution in [0.5, 0.6) is 5.88 Å². The van der Waals surface area contributed by atoms with Crippen molar-refractivity contribution < 1.29 is 18.6 Å². The first-order valence-corrected chi connectivity index (χ1v) is 14.8. The number of anilines is 2. The van der Waals surface area contributed by atoms with E-state index >= 15 is 0 Å². The van der Waals surface area contributed by atoms with Crippen molar-refractivity contribution in [2.75, 3.05) is 50.2 Å². The Balaban J connectivity index is 1.27. The average Bonchev–Trinajstić information content (AvgIpc) is 3.49. The fourth-order valence-corrected chi connectivity index (χ4v) is 7.93. The van der Waals surface area contributed by atoms with E-state index in [1.807, 2.05) is 12.1 Å². The van der Waals surface area contributed by atoms with Crippen LogP contribution < -0.4 is 15.4 Å². The number of nitrogen functional groups attached to an aromatic ring is 1. The van der Waals surface area contributed by atoms with Crippen LogP contribution in [0.4, 0.5) is 15.8 Å². The number of pyridine rings is 1. The number of aromatic nitrogens is 1. The number of halogens is 1. The quantitative estimate of drug-likeness (QED) is 0.558. The zero-order valence-electron chi connectivity index (χ0n) is 23.3. The van der Waals surface area contributed by atoms with Crippen LogP contribution in [-0.4, -0.2) is 61.2 Å². The highest BCUT2D eigenvalue weighted by molar-refractivity contribution is 5.64. The van der Waals surface area contributed by atoms with Crippen molar-refractivity contribution in [2.45, 2.75) is 81.7 Å². The smallest absolute Gasteiger partial charge is 0.215 e. The lowest BCUT2D eigenvalue weighted by atomic mass is 9.69. The fourth-order valence-electron chi connectivity index (χ4n) is 7.93. The molecule has 0 saturated carbocycles. The molecule has 1 aliphatic carbocycles. The number of fused-ring (bicyclic) bond motifs is 4. The number of rotatable bonds is 4. The highest BCUT2D eigenvalue weighted by Gasteiger charge is 2.50. The maximum absolute atomic E-state index is 14.4. The standard InChI is InChI=1S/C31H38FN5O3/c1-20-6-8-31(29-22(20)4-5-25(34)23(29)15-33)14-26-24(17-40-31)27(36-9-3-11-38-19-36)12-28(35-26)39-18-30-7-2-10-37(30)16-21(32)13-30/h4-5,12,20-21H,2-3,6-11,13-14,16-19,34H2,1H3/t20-,21+,30?,31-/m0/s1. The Morgan fingerprint density at radius 3 is 3.00 bits per heavy atom. The second kappa shape index (κ2) is 9.86. The molecule has 5 aliphatic rings. The molecule has 0 radical (unpaired) electrons. The van der Waals surface area contributed by atoms with Crippen LogP contribution in [0.25, 0.3) is 0 Å². The first-order chi connectivity index (χ1) is 19.4. The van der Waals surface area contributed by atoms with Crippen molar-refractivity contribution in [3.63, 3.8) is 0 Å². The van der Waals surface area contributed by atoms with E-state index in [9.17, 15) is 9.65 Å². The van der Waals surface area contributed by atoms with Gasteiger partial charge in [0.2, 0.25) is 5.88 Å². The van der Waals surface area contributed by atoms with Crippen molar-refractivity contribution in [3.05, 3.63) is 46.1 Å². The Bertz CT molecular complexity index is 1360. The average molecular weight is 548 g/mol. The van der Waals surface area contributed by atoms with E-state index < -0.39 is 11.8 Å². The second-order valence-electron chi connectivity index (χ2n) is 12.4. The van der Waals surface area contributed by atoms with Gasteiger partial charge in [0.05, 0.1) is 35.7 Å². The maximum atomic E-state index is 14.4. The summed E-state index contributed by atoms with van der Waals surface area (Å²) in [6.07, 6.45) is 5.00. The Morgan fingerprint density at radius 1 is 1.27 bits per heavy atom. The SMILES string of the molecule is C[C@H]1CC[C@]2(Cc3nc(OCC45CCCN4C[C@H](F)C5)cc(N4CCCOC4)c3CO2)c2c1ccc(N)c2C#N. The van der Waals surface area contributed by atoms with Crippen molar-refractivity contribution in [3.8, 4) is 11.9 Å². The highest BCUT2D eigenvalue weighted by atomic mass is 19.1. The number of hydrogen-bond donors (Lipinski definition) is 1. The predicted molar refractivity (Wildman–Crippen MR) is 149 cm³/mol. The summed E-state index contributed by atoms with van der Waals surface area (Å²) >= 11 is 0. The van der Waals surface area contributed by atoms with E-state index in [0.29, 0.717) is 62.4 Å². The summed E-state index contributed by atoms with van der Waals surface area (Å²) < 4.78 is 33.5. The van der Waals surface area contributed by atoms with Gasteiger partial charge in [-0.25, -0.2) is 9.37 Å². The van der Waals surface area contributed by atoms with Gasteiger partial charge in [0, 0.05) is 48.8 Å². The zero-order chi connectivity index (χ0) is 27.5. The molecule has 8 nitrogen and oxygen atoms in total. The van der Waals surface area contributed by atoms with Crippen molar-refractivity contribution >= 4 is 11.4 Å². The van der Waals surface area contributed by atoms with E-state index in [-0.39, 0.29) is 5.54 Å². The molecule has 1 aromatic carbocycles. The first kappa shape index (κ1) is 26.0. The van der Waals surface area contributed by atoms with Crippen LogP contribution in [-0.2, 0) is 28.1 Å². The van der Waals surface area contributed by atoms with Crippen LogP contribution in [0.2, 0.25) is 0 Å². The molecule has 0 amide bonds. The fraction of sp³-hybridized carbons (Fsp3) is 0.613. The molecule has 5 heterocycles. The minimum atomic E-state index is -0.797. The molecule has 2 N–H and O–H groups in total. The number of alkyl halides is 1. The molecule has 4 aliphatic heterocycles. The van der Waals surface area contributed by atoms with Gasteiger partial charge in [0.25, 0.3) is 0 Å². The van der Waals surface area contributed by atoms with Gasteiger partial charge in [0.1, 0.15) is 31.2 Å². The normalized spacial score (nSPS) is 31.5. The minimum absolute atomic E-state index is 0.243. The van der Waals surface area contributed by atoms with Gasteiger partial charge in [-0.05, 0) is 56.2 Å². The third-order valence-corrected chi connectivity index (χ3v) is 10.0. The number of nitrogens with zero attached hydrogens (tertiary/aromatic N) is 4. The summed E-state index contributed by atoms with van der Waals surface area (Å²) in [6.45, 7) is 6.61.